The van der Waals surface area contributed by atoms with Gasteiger partial charge in [-0.1, -0.05) is 40.9 Å². The monoisotopic (exact) mass is 413 g/mol. The number of piperazine rings is 1. The van der Waals surface area contributed by atoms with E-state index < -0.39 is 0 Å². The highest BCUT2D eigenvalue weighted by atomic mass is 35.5. The van der Waals surface area contributed by atoms with Crippen molar-refractivity contribution in [1.29, 1.82) is 0 Å². The van der Waals surface area contributed by atoms with Gasteiger partial charge in [0.15, 0.2) is 5.82 Å². The van der Waals surface area contributed by atoms with Gasteiger partial charge < -0.3 is 15.1 Å². The molecule has 6 nitrogen and oxygen atoms in total. The minimum absolute atomic E-state index is 0.119. The number of nitrogens with zero attached hydrogens (tertiary/aromatic N) is 4. The lowest BCUT2D eigenvalue weighted by Gasteiger charge is -2.32. The Hall–Kier alpha value is -1.76. The molecule has 0 aliphatic carbocycles. The van der Waals surface area contributed by atoms with Crippen LogP contribution in [0, 0.1) is 0 Å². The van der Waals surface area contributed by atoms with E-state index in [9.17, 15) is 4.79 Å². The number of nitrogens with one attached hydrogen (secondary N) is 1. The topological polar surface area (TPSA) is 61.4 Å². The van der Waals surface area contributed by atoms with E-state index in [1.54, 1.807) is 23.2 Å². The first-order valence-electron chi connectivity index (χ1n) is 8.16. The van der Waals surface area contributed by atoms with Gasteiger partial charge in [0.2, 0.25) is 12.4 Å². The summed E-state index contributed by atoms with van der Waals surface area (Å²) >= 11 is 18.5. The fraction of sp³-hybridized carbons (Fsp3) is 0.353. The van der Waals surface area contributed by atoms with Crippen molar-refractivity contribution < 1.29 is 4.79 Å². The van der Waals surface area contributed by atoms with Gasteiger partial charge >= 0.3 is 0 Å². The van der Waals surface area contributed by atoms with E-state index in [0.717, 1.165) is 12.0 Å². The maximum Gasteiger partial charge on any atom is 0.227 e. The maximum atomic E-state index is 10.8. The van der Waals surface area contributed by atoms with Crippen molar-refractivity contribution in [1.82, 2.24) is 14.9 Å². The van der Waals surface area contributed by atoms with Gasteiger partial charge in [-0.25, -0.2) is 4.98 Å². The molecule has 1 atom stereocenters. The largest absolute Gasteiger partial charge is 0.362 e. The fourth-order valence-electron chi connectivity index (χ4n) is 2.77. The van der Waals surface area contributed by atoms with E-state index in [1.807, 2.05) is 17.9 Å². The number of halogens is 3. The summed E-state index contributed by atoms with van der Waals surface area (Å²) in [7, 11) is 0. The zero-order chi connectivity index (χ0) is 18.7. The highest BCUT2D eigenvalue weighted by molar-refractivity contribution is 6.35. The van der Waals surface area contributed by atoms with Crippen molar-refractivity contribution >= 4 is 53.0 Å². The molecule has 26 heavy (non-hydrogen) atoms. The Labute approximate surface area is 167 Å². The van der Waals surface area contributed by atoms with Crippen molar-refractivity contribution in [2.45, 2.75) is 13.0 Å². The summed E-state index contributed by atoms with van der Waals surface area (Å²) in [6.07, 6.45) is 2.44. The van der Waals surface area contributed by atoms with Crippen LogP contribution in [0.4, 0.5) is 11.8 Å². The van der Waals surface area contributed by atoms with Gasteiger partial charge in [-0.2, -0.15) is 4.98 Å². The number of anilines is 2. The molecule has 0 bridgehead atoms. The summed E-state index contributed by atoms with van der Waals surface area (Å²) in [6.45, 7) is 4.62. The number of hydrogen-bond acceptors (Lipinski definition) is 5. The molecule has 1 fully saturated rings. The van der Waals surface area contributed by atoms with Gasteiger partial charge in [0, 0.05) is 36.2 Å². The smallest absolute Gasteiger partial charge is 0.227 e. The maximum absolute atomic E-state index is 10.8. The number of rotatable bonds is 5. The van der Waals surface area contributed by atoms with Gasteiger partial charge in [0.25, 0.3) is 0 Å². The first-order valence-corrected chi connectivity index (χ1v) is 9.29. The van der Waals surface area contributed by atoms with E-state index in [2.05, 4.69) is 15.3 Å². The molecule has 0 radical (unpaired) electrons. The Bertz CT molecular complexity index is 796. The predicted octanol–water partition coefficient (Wildman–Crippen LogP) is 3.89. The van der Waals surface area contributed by atoms with E-state index in [0.29, 0.717) is 53.0 Å². The second kappa shape index (κ2) is 8.29. The Balaban J connectivity index is 1.76. The average molecular weight is 415 g/mol. The number of amides is 1. The molecule has 9 heteroatoms. The summed E-state index contributed by atoms with van der Waals surface area (Å²) in [5, 5.41) is 4.87. The summed E-state index contributed by atoms with van der Waals surface area (Å²) < 4.78 is 0. The van der Waals surface area contributed by atoms with Crippen LogP contribution >= 0.6 is 34.8 Å². The number of hydrogen-bond donors (Lipinski definition) is 1. The second-order valence-corrected chi connectivity index (χ2v) is 7.28. The Kier molecular flexibility index (Phi) is 6.06. The summed E-state index contributed by atoms with van der Waals surface area (Å²) in [5.74, 6) is 1.12. The molecule has 1 aliphatic heterocycles. The van der Waals surface area contributed by atoms with Crippen LogP contribution in [0.15, 0.2) is 24.4 Å². The molecule has 0 spiro atoms. The molecule has 3 rings (SSSR count). The molecule has 1 amide bonds. The lowest BCUT2D eigenvalue weighted by molar-refractivity contribution is -0.118. The first-order chi connectivity index (χ1) is 12.5. The highest BCUT2D eigenvalue weighted by Crippen LogP contribution is 2.30. The highest BCUT2D eigenvalue weighted by Gasteiger charge is 2.20. The normalized spacial score (nSPS) is 15.7. The van der Waals surface area contributed by atoms with E-state index in [-0.39, 0.29) is 6.04 Å². The van der Waals surface area contributed by atoms with Crippen molar-refractivity contribution in [2.24, 2.45) is 0 Å². The third-order valence-corrected chi connectivity index (χ3v) is 5.10. The Morgan fingerprint density at radius 2 is 1.88 bits per heavy atom. The van der Waals surface area contributed by atoms with E-state index >= 15 is 0 Å². The second-order valence-electron chi connectivity index (χ2n) is 6.03. The van der Waals surface area contributed by atoms with Crippen LogP contribution in [0.5, 0.6) is 0 Å². The molecule has 1 aromatic heterocycles. The van der Waals surface area contributed by atoms with Gasteiger partial charge in [-0.3, -0.25) is 4.79 Å². The number of aromatic nitrogens is 2. The quantitative estimate of drug-likeness (QED) is 0.752. The SMILES string of the molecule is CC(Nc1nc(N2CCN(C=O)CC2)ncc1Cl)c1ccc(Cl)cc1Cl. The molecule has 1 aliphatic rings. The third-order valence-electron chi connectivity index (χ3n) is 4.26. The van der Waals surface area contributed by atoms with Crippen molar-refractivity contribution in [2.75, 3.05) is 36.4 Å². The van der Waals surface area contributed by atoms with Crippen LogP contribution in [-0.2, 0) is 4.79 Å². The van der Waals surface area contributed by atoms with Crippen LogP contribution in [0.3, 0.4) is 0 Å². The molecule has 2 heterocycles. The molecule has 0 saturated carbocycles. The predicted molar refractivity (Wildman–Crippen MR) is 105 cm³/mol. The van der Waals surface area contributed by atoms with Gasteiger partial charge in [0.05, 0.1) is 12.2 Å². The van der Waals surface area contributed by atoms with Crippen LogP contribution in [-0.4, -0.2) is 47.5 Å². The van der Waals surface area contributed by atoms with Crippen LogP contribution in [0.1, 0.15) is 18.5 Å². The van der Waals surface area contributed by atoms with Crippen LogP contribution in [0.25, 0.3) is 0 Å². The van der Waals surface area contributed by atoms with Crippen LogP contribution < -0.4 is 10.2 Å². The third kappa shape index (κ3) is 4.31. The summed E-state index contributed by atoms with van der Waals surface area (Å²) in [4.78, 5) is 23.5. The molecular formula is C17H18Cl3N5O. The van der Waals surface area contributed by atoms with Gasteiger partial charge in [-0.15, -0.1) is 0 Å². The Morgan fingerprint density at radius 3 is 2.54 bits per heavy atom. The number of benzene rings is 1. The lowest BCUT2D eigenvalue weighted by atomic mass is 10.1. The van der Waals surface area contributed by atoms with Crippen LogP contribution in [0.2, 0.25) is 15.1 Å². The van der Waals surface area contributed by atoms with Crippen molar-refractivity contribution in [3.05, 3.63) is 45.0 Å². The molecular weight excluding hydrogens is 397 g/mol. The average Bonchev–Trinajstić information content (AvgIpc) is 2.63. The van der Waals surface area contributed by atoms with E-state index in [1.165, 1.54) is 0 Å². The zero-order valence-corrected chi connectivity index (χ0v) is 16.4. The van der Waals surface area contributed by atoms with E-state index in [4.69, 9.17) is 34.8 Å². The minimum atomic E-state index is -0.119. The van der Waals surface area contributed by atoms with Crippen molar-refractivity contribution in [3.63, 3.8) is 0 Å². The van der Waals surface area contributed by atoms with Crippen molar-refractivity contribution in [3.8, 4) is 0 Å². The summed E-state index contributed by atoms with van der Waals surface area (Å²) in [5.41, 5.74) is 0.895. The molecule has 1 N–H and O–H groups in total. The summed E-state index contributed by atoms with van der Waals surface area (Å²) in [6, 6.07) is 5.25. The molecule has 1 saturated heterocycles. The fourth-order valence-corrected chi connectivity index (χ4v) is 3.49. The molecule has 1 aromatic carbocycles. The minimum Gasteiger partial charge on any atom is -0.362 e. The Morgan fingerprint density at radius 1 is 1.15 bits per heavy atom. The lowest BCUT2D eigenvalue weighted by Crippen LogP contribution is -2.46. The first kappa shape index (κ1) is 19.0. The number of carbonyl (C=O) groups excluding carboxylic acids is 1. The van der Waals surface area contributed by atoms with Gasteiger partial charge in [-0.05, 0) is 24.6 Å². The molecule has 138 valence electrons. The molecule has 1 unspecified atom stereocenters. The standard InChI is InChI=1S/C17H18Cl3N5O/c1-11(13-3-2-12(18)8-14(13)19)22-16-15(20)9-21-17(23-16)25-6-4-24(10-26)5-7-25/h2-3,8-11H,4-7H2,1H3,(H,21,22,23). The molecule has 2 aromatic rings. The van der Waals surface area contributed by atoms with Gasteiger partial charge in [0.1, 0.15) is 5.02 Å². The zero-order valence-electron chi connectivity index (χ0n) is 14.1. The number of carbonyl (C=O) groups is 1.